The standard InChI is InChI=1S/C30H33N3O5/c1-20-7-8-21(2)33(20)23-10-12-24(13-11-23)36-19-25-14-16-27(37-25)29(34)32-31-18-22-9-15-26(28(17-22)35-6)38-30(3,4)5/h7-18H,19H2,1-6H3,(H,32,34)/b31-18+. The summed E-state index contributed by atoms with van der Waals surface area (Å²) in [5.41, 5.74) is 6.28. The number of carbonyl (C=O) groups is 1. The molecule has 1 amide bonds. The van der Waals surface area contributed by atoms with Crippen LogP contribution < -0.4 is 19.6 Å². The first-order valence-electron chi connectivity index (χ1n) is 12.3. The zero-order valence-corrected chi connectivity index (χ0v) is 22.6. The van der Waals surface area contributed by atoms with Gasteiger partial charge in [0.25, 0.3) is 0 Å². The van der Waals surface area contributed by atoms with Crippen molar-refractivity contribution in [1.29, 1.82) is 0 Å². The van der Waals surface area contributed by atoms with E-state index in [1.165, 1.54) is 17.6 Å². The summed E-state index contributed by atoms with van der Waals surface area (Å²) in [4.78, 5) is 12.5. The molecule has 0 atom stereocenters. The van der Waals surface area contributed by atoms with Crippen molar-refractivity contribution in [3.63, 3.8) is 0 Å². The highest BCUT2D eigenvalue weighted by atomic mass is 16.5. The van der Waals surface area contributed by atoms with Crippen LogP contribution in [0.3, 0.4) is 0 Å². The van der Waals surface area contributed by atoms with Gasteiger partial charge in [-0.15, -0.1) is 0 Å². The van der Waals surface area contributed by atoms with Crippen molar-refractivity contribution in [2.75, 3.05) is 7.11 Å². The smallest absolute Gasteiger partial charge is 0.307 e. The Morgan fingerprint density at radius 1 is 0.974 bits per heavy atom. The first-order chi connectivity index (χ1) is 18.1. The van der Waals surface area contributed by atoms with Gasteiger partial charge in [0.2, 0.25) is 0 Å². The van der Waals surface area contributed by atoms with E-state index in [9.17, 15) is 4.79 Å². The van der Waals surface area contributed by atoms with E-state index in [2.05, 4.69) is 41.1 Å². The Morgan fingerprint density at radius 3 is 2.34 bits per heavy atom. The molecule has 0 fully saturated rings. The fraction of sp³-hybridized carbons (Fsp3) is 0.267. The Kier molecular flexibility index (Phi) is 7.90. The number of furan rings is 1. The third-order valence-electron chi connectivity index (χ3n) is 5.62. The lowest BCUT2D eigenvalue weighted by Crippen LogP contribution is -2.23. The summed E-state index contributed by atoms with van der Waals surface area (Å²) in [7, 11) is 1.58. The summed E-state index contributed by atoms with van der Waals surface area (Å²) >= 11 is 0. The Bertz CT molecular complexity index is 1410. The van der Waals surface area contributed by atoms with E-state index in [1.807, 2.05) is 57.2 Å². The number of amides is 1. The highest BCUT2D eigenvalue weighted by Gasteiger charge is 2.16. The molecule has 1 N–H and O–H groups in total. The van der Waals surface area contributed by atoms with Crippen molar-refractivity contribution in [1.82, 2.24) is 9.99 Å². The van der Waals surface area contributed by atoms with E-state index >= 15 is 0 Å². The van der Waals surface area contributed by atoms with Crippen LogP contribution in [-0.4, -0.2) is 29.4 Å². The van der Waals surface area contributed by atoms with Gasteiger partial charge < -0.3 is 23.2 Å². The number of hydrogen-bond donors (Lipinski definition) is 1. The molecule has 4 rings (SSSR count). The number of ether oxygens (including phenoxy) is 3. The fourth-order valence-electron chi connectivity index (χ4n) is 3.90. The van der Waals surface area contributed by atoms with Gasteiger partial charge >= 0.3 is 5.91 Å². The SMILES string of the molecule is COc1cc(/C=N/NC(=O)c2ccc(COc3ccc(-n4c(C)ccc4C)cc3)o2)ccc1OC(C)(C)C. The van der Waals surface area contributed by atoms with Gasteiger partial charge in [-0.3, -0.25) is 4.79 Å². The molecule has 0 aliphatic heterocycles. The first kappa shape index (κ1) is 26.6. The van der Waals surface area contributed by atoms with E-state index in [0.29, 0.717) is 23.0 Å². The zero-order chi connectivity index (χ0) is 27.3. The number of nitrogens with one attached hydrogen (secondary N) is 1. The molecular formula is C30H33N3O5. The van der Waals surface area contributed by atoms with Crippen molar-refractivity contribution in [3.8, 4) is 22.9 Å². The average Bonchev–Trinajstić information content (AvgIpc) is 3.49. The van der Waals surface area contributed by atoms with Crippen LogP contribution in [-0.2, 0) is 6.61 Å². The van der Waals surface area contributed by atoms with E-state index in [-0.39, 0.29) is 18.0 Å². The largest absolute Gasteiger partial charge is 0.493 e. The quantitative estimate of drug-likeness (QED) is 0.211. The van der Waals surface area contributed by atoms with Crippen LogP contribution in [0.5, 0.6) is 17.2 Å². The summed E-state index contributed by atoms with van der Waals surface area (Å²) in [5, 5.41) is 4.03. The number of benzene rings is 2. The molecule has 8 nitrogen and oxygen atoms in total. The predicted octanol–water partition coefficient (Wildman–Crippen LogP) is 6.22. The predicted molar refractivity (Wildman–Crippen MR) is 147 cm³/mol. The van der Waals surface area contributed by atoms with E-state index in [0.717, 1.165) is 11.3 Å². The number of aromatic nitrogens is 1. The molecule has 2 aromatic heterocycles. The number of hydrogen-bond acceptors (Lipinski definition) is 6. The molecule has 0 spiro atoms. The summed E-state index contributed by atoms with van der Waals surface area (Å²) in [5.74, 6) is 2.12. The Balaban J connectivity index is 1.31. The maximum atomic E-state index is 12.5. The molecule has 0 aliphatic rings. The van der Waals surface area contributed by atoms with Gasteiger partial charge in [0, 0.05) is 17.1 Å². The van der Waals surface area contributed by atoms with Gasteiger partial charge in [-0.1, -0.05) is 0 Å². The summed E-state index contributed by atoms with van der Waals surface area (Å²) in [6.45, 7) is 10.2. The van der Waals surface area contributed by atoms with Gasteiger partial charge in [0.1, 0.15) is 23.7 Å². The molecule has 0 saturated heterocycles. The maximum Gasteiger partial charge on any atom is 0.307 e. The minimum atomic E-state index is -0.464. The van der Waals surface area contributed by atoms with Crippen molar-refractivity contribution in [2.45, 2.75) is 46.8 Å². The van der Waals surface area contributed by atoms with Gasteiger partial charge in [-0.25, -0.2) is 5.43 Å². The highest BCUT2D eigenvalue weighted by Crippen LogP contribution is 2.30. The molecule has 2 aromatic carbocycles. The molecule has 0 aliphatic carbocycles. The number of methoxy groups -OCH3 is 1. The Morgan fingerprint density at radius 2 is 1.68 bits per heavy atom. The summed E-state index contributed by atoms with van der Waals surface area (Å²) < 4.78 is 25.0. The molecule has 0 saturated carbocycles. The van der Waals surface area contributed by atoms with Crippen molar-refractivity contribution < 1.29 is 23.4 Å². The van der Waals surface area contributed by atoms with Crippen LogP contribution in [0.25, 0.3) is 5.69 Å². The van der Waals surface area contributed by atoms with Crippen LogP contribution in [0.4, 0.5) is 0 Å². The number of aryl methyl sites for hydroxylation is 2. The van der Waals surface area contributed by atoms with Gasteiger partial charge in [0.05, 0.1) is 13.3 Å². The molecule has 198 valence electrons. The van der Waals surface area contributed by atoms with Crippen molar-refractivity contribution in [3.05, 3.63) is 95.2 Å². The molecule has 0 unspecified atom stereocenters. The van der Waals surface area contributed by atoms with Crippen LogP contribution in [0.2, 0.25) is 0 Å². The fourth-order valence-corrected chi connectivity index (χ4v) is 3.90. The van der Waals surface area contributed by atoms with Crippen LogP contribution in [0.15, 0.2) is 76.2 Å². The van der Waals surface area contributed by atoms with Crippen molar-refractivity contribution >= 4 is 12.1 Å². The molecule has 2 heterocycles. The summed E-state index contributed by atoms with van der Waals surface area (Å²) in [6, 6.07) is 20.7. The third kappa shape index (κ3) is 6.64. The lowest BCUT2D eigenvalue weighted by molar-refractivity contribution is 0.0923. The topological polar surface area (TPSA) is 87.2 Å². The van der Waals surface area contributed by atoms with Gasteiger partial charge in [-0.2, -0.15) is 5.10 Å². The van der Waals surface area contributed by atoms with Crippen LogP contribution in [0, 0.1) is 13.8 Å². The Labute approximate surface area is 222 Å². The van der Waals surface area contributed by atoms with Gasteiger partial charge in [0.15, 0.2) is 17.3 Å². The second kappa shape index (κ2) is 11.3. The zero-order valence-electron chi connectivity index (χ0n) is 22.6. The first-order valence-corrected chi connectivity index (χ1v) is 12.3. The maximum absolute atomic E-state index is 12.5. The minimum Gasteiger partial charge on any atom is -0.493 e. The van der Waals surface area contributed by atoms with Crippen LogP contribution >= 0.6 is 0 Å². The lowest BCUT2D eigenvalue weighted by atomic mass is 10.1. The molecule has 0 radical (unpaired) electrons. The number of carbonyl (C=O) groups excluding carboxylic acids is 1. The summed E-state index contributed by atoms with van der Waals surface area (Å²) in [6.07, 6.45) is 1.52. The number of rotatable bonds is 9. The van der Waals surface area contributed by atoms with E-state index in [4.69, 9.17) is 18.6 Å². The second-order valence-electron chi connectivity index (χ2n) is 9.82. The molecule has 8 heteroatoms. The van der Waals surface area contributed by atoms with E-state index < -0.39 is 5.91 Å². The minimum absolute atomic E-state index is 0.140. The number of hydrazone groups is 1. The molecular weight excluding hydrogens is 482 g/mol. The highest BCUT2D eigenvalue weighted by molar-refractivity contribution is 5.92. The lowest BCUT2D eigenvalue weighted by Gasteiger charge is -2.22. The van der Waals surface area contributed by atoms with E-state index in [1.54, 1.807) is 25.3 Å². The molecule has 4 aromatic rings. The van der Waals surface area contributed by atoms with Crippen LogP contribution in [0.1, 0.15) is 54.0 Å². The molecule has 38 heavy (non-hydrogen) atoms. The second-order valence-corrected chi connectivity index (χ2v) is 9.82. The van der Waals surface area contributed by atoms with Gasteiger partial charge in [-0.05, 0) is 107 Å². The number of nitrogens with zero attached hydrogens (tertiary/aromatic N) is 2. The monoisotopic (exact) mass is 515 g/mol. The third-order valence-corrected chi connectivity index (χ3v) is 5.62. The van der Waals surface area contributed by atoms with Crippen molar-refractivity contribution in [2.24, 2.45) is 5.10 Å². The Hall–Kier alpha value is -4.46. The molecule has 0 bridgehead atoms. The normalized spacial score (nSPS) is 11.5. The average molecular weight is 516 g/mol.